The number of ether oxygens (including phenoxy) is 1. The molecule has 0 amide bonds. The van der Waals surface area contributed by atoms with Crippen molar-refractivity contribution in [3.05, 3.63) is 63.3 Å². The lowest BCUT2D eigenvalue weighted by Crippen LogP contribution is -2.39. The number of nitroso groups, excluding NO2 is 1. The van der Waals surface area contributed by atoms with Crippen LogP contribution in [0.1, 0.15) is 43.7 Å². The van der Waals surface area contributed by atoms with Crippen molar-refractivity contribution in [1.82, 2.24) is 10.2 Å². The summed E-state index contributed by atoms with van der Waals surface area (Å²) in [5, 5.41) is 10.4. The summed E-state index contributed by atoms with van der Waals surface area (Å²) >= 11 is 6.45. The first-order valence-electron chi connectivity index (χ1n) is 12.4. The van der Waals surface area contributed by atoms with Gasteiger partial charge in [-0.25, -0.2) is 4.99 Å². The third-order valence-electron chi connectivity index (χ3n) is 6.77. The van der Waals surface area contributed by atoms with Gasteiger partial charge in [-0.05, 0) is 75.1 Å². The smallest absolute Gasteiger partial charge is 0.279 e. The molecule has 2 aliphatic heterocycles. The molecule has 3 N–H and O–H groups in total. The first-order valence-corrected chi connectivity index (χ1v) is 12.8. The second-order valence-corrected chi connectivity index (χ2v) is 10.1. The summed E-state index contributed by atoms with van der Waals surface area (Å²) in [7, 11) is 3.87. The van der Waals surface area contributed by atoms with Crippen LogP contribution in [0.4, 0.5) is 17.1 Å². The van der Waals surface area contributed by atoms with E-state index < -0.39 is 6.29 Å². The predicted molar refractivity (Wildman–Crippen MR) is 148 cm³/mol. The Morgan fingerprint density at radius 1 is 1.19 bits per heavy atom. The Bertz CT molecular complexity index is 1170. The van der Waals surface area contributed by atoms with E-state index in [0.29, 0.717) is 28.1 Å². The average molecular weight is 512 g/mol. The number of piperidine rings is 1. The van der Waals surface area contributed by atoms with Gasteiger partial charge in [-0.15, -0.1) is 0 Å². The number of nitrogens with one attached hydrogen (secondary N) is 3. The molecule has 2 heterocycles. The molecule has 2 aromatic rings. The molecule has 2 aromatic carbocycles. The molecule has 36 heavy (non-hydrogen) atoms. The summed E-state index contributed by atoms with van der Waals surface area (Å²) in [6.45, 7) is 8.09. The van der Waals surface area contributed by atoms with Gasteiger partial charge in [-0.3, -0.25) is 0 Å². The fraction of sp³-hybridized carbons (Fsp3) is 0.444. The van der Waals surface area contributed by atoms with Crippen molar-refractivity contribution in [1.29, 1.82) is 0 Å². The average Bonchev–Trinajstić information content (AvgIpc) is 2.87. The lowest BCUT2D eigenvalue weighted by Gasteiger charge is -2.31. The number of methoxy groups -OCH3 is 1. The first kappa shape index (κ1) is 26.0. The van der Waals surface area contributed by atoms with Gasteiger partial charge in [0.1, 0.15) is 17.3 Å². The summed E-state index contributed by atoms with van der Waals surface area (Å²) in [5.74, 6) is 1.89. The van der Waals surface area contributed by atoms with Gasteiger partial charge in [-0.2, -0.15) is 0 Å². The molecule has 0 bridgehead atoms. The van der Waals surface area contributed by atoms with Gasteiger partial charge in [0.25, 0.3) is 5.69 Å². The van der Waals surface area contributed by atoms with Crippen molar-refractivity contribution in [2.45, 2.75) is 51.9 Å². The van der Waals surface area contributed by atoms with Gasteiger partial charge in [0, 0.05) is 35.8 Å². The Morgan fingerprint density at radius 2 is 1.92 bits per heavy atom. The van der Waals surface area contributed by atoms with Crippen molar-refractivity contribution in [3.63, 3.8) is 0 Å². The van der Waals surface area contributed by atoms with Gasteiger partial charge in [-0.1, -0.05) is 23.7 Å². The number of benzene rings is 2. The van der Waals surface area contributed by atoms with E-state index in [1.807, 2.05) is 32.0 Å². The largest absolute Gasteiger partial charge is 0.495 e. The number of likely N-dealkylation sites (tertiary alicyclic amines) is 1. The van der Waals surface area contributed by atoms with Crippen LogP contribution < -0.4 is 20.7 Å². The second-order valence-electron chi connectivity index (χ2n) is 9.74. The minimum Gasteiger partial charge on any atom is -0.495 e. The van der Waals surface area contributed by atoms with E-state index >= 15 is 0 Å². The lowest BCUT2D eigenvalue weighted by molar-refractivity contribution is -0.496. The third-order valence-corrected chi connectivity index (χ3v) is 7.05. The zero-order valence-corrected chi connectivity index (χ0v) is 22.4. The van der Waals surface area contributed by atoms with Crippen LogP contribution in [-0.4, -0.2) is 55.5 Å². The van der Waals surface area contributed by atoms with Gasteiger partial charge in [0.05, 0.1) is 17.8 Å². The number of para-hydroxylation sites is 2. The lowest BCUT2D eigenvalue weighted by atomic mass is 9.86. The molecule has 0 aliphatic carbocycles. The number of rotatable bonds is 8. The Labute approximate surface area is 218 Å². The summed E-state index contributed by atoms with van der Waals surface area (Å²) in [5.41, 5.74) is 4.63. The number of allylic oxidation sites excluding steroid dienone is 1. The molecule has 0 radical (unpaired) electrons. The Balaban J connectivity index is 1.51. The second kappa shape index (κ2) is 11.3. The van der Waals surface area contributed by atoms with Gasteiger partial charge >= 0.3 is 0 Å². The SMILES string of the molecule is COc1cc(C2CCN(C)CC2)c(C)cc1NC1N=CC(Cl)=C(Nc2ccccc2[N+](=O)C(C)C)N1. The zero-order valence-electron chi connectivity index (χ0n) is 21.6. The number of aryl methyl sites for hydroxylation is 1. The number of aliphatic imine (C=N–C) groups is 1. The maximum Gasteiger partial charge on any atom is 0.279 e. The number of nitrogens with zero attached hydrogens (tertiary/aromatic N) is 3. The third kappa shape index (κ3) is 5.82. The van der Waals surface area contributed by atoms with Crippen LogP contribution in [0.15, 0.2) is 52.2 Å². The highest BCUT2D eigenvalue weighted by atomic mass is 35.5. The molecule has 1 atom stereocenters. The van der Waals surface area contributed by atoms with Gasteiger partial charge < -0.3 is 25.6 Å². The van der Waals surface area contributed by atoms with Crippen LogP contribution in [0.5, 0.6) is 5.75 Å². The molecule has 0 spiro atoms. The molecular weight excluding hydrogens is 476 g/mol. The number of hydrogen-bond donors (Lipinski definition) is 3. The van der Waals surface area contributed by atoms with E-state index in [9.17, 15) is 4.91 Å². The molecule has 0 aromatic heterocycles. The molecule has 1 saturated heterocycles. The fourth-order valence-electron chi connectivity index (χ4n) is 4.69. The van der Waals surface area contributed by atoms with Gasteiger partial charge in [0.15, 0.2) is 6.29 Å². The van der Waals surface area contributed by atoms with Crippen LogP contribution in [0, 0.1) is 11.8 Å². The number of hydrogen-bond acceptors (Lipinski definition) is 7. The highest BCUT2D eigenvalue weighted by Gasteiger charge is 2.25. The van der Waals surface area contributed by atoms with Crippen molar-refractivity contribution >= 4 is 34.9 Å². The number of halogens is 1. The van der Waals surface area contributed by atoms with Crippen LogP contribution >= 0.6 is 11.6 Å². The number of anilines is 2. The standard InChI is InChI=1S/C27H36ClN6O2/c1-17(2)34(35)24-9-7-6-8-22(24)30-26-21(28)16-29-27(32-26)31-23-14-18(3)20(15-25(23)36-5)19-10-12-33(4)13-11-19/h6-9,14-17,19,27,30-32H,10-13H2,1-5H3/q+1. The van der Waals surface area contributed by atoms with Crippen LogP contribution in [0.25, 0.3) is 0 Å². The topological polar surface area (TPSA) is 81.0 Å². The normalized spacial score (nSPS) is 18.8. The first-order chi connectivity index (χ1) is 17.3. The molecule has 192 valence electrons. The highest BCUT2D eigenvalue weighted by molar-refractivity contribution is 6.40. The van der Waals surface area contributed by atoms with E-state index in [1.165, 1.54) is 11.1 Å². The van der Waals surface area contributed by atoms with Crippen molar-refractivity contribution < 1.29 is 9.50 Å². The zero-order chi connectivity index (χ0) is 25.8. The van der Waals surface area contributed by atoms with Crippen LogP contribution in [0.3, 0.4) is 0 Å². The monoisotopic (exact) mass is 511 g/mol. The van der Waals surface area contributed by atoms with E-state index in [1.54, 1.807) is 19.4 Å². The summed E-state index contributed by atoms with van der Waals surface area (Å²) in [6.07, 6.45) is 3.43. The molecule has 9 heteroatoms. The predicted octanol–water partition coefficient (Wildman–Crippen LogP) is 5.52. The molecular formula is C27H36ClN6O2+. The highest BCUT2D eigenvalue weighted by Crippen LogP contribution is 2.37. The van der Waals surface area contributed by atoms with E-state index in [-0.39, 0.29) is 6.04 Å². The van der Waals surface area contributed by atoms with E-state index in [2.05, 4.69) is 51.9 Å². The molecule has 1 fully saturated rings. The summed E-state index contributed by atoms with van der Waals surface area (Å²) in [4.78, 5) is 19.5. The molecule has 0 saturated carbocycles. The fourth-order valence-corrected chi connectivity index (χ4v) is 4.85. The van der Waals surface area contributed by atoms with Crippen molar-refractivity contribution in [3.8, 4) is 5.75 Å². The Hall–Kier alpha value is -3.10. The maximum absolute atomic E-state index is 12.6. The molecule has 4 rings (SSSR count). The maximum atomic E-state index is 12.6. The Kier molecular flexibility index (Phi) is 8.16. The molecule has 2 aliphatic rings. The van der Waals surface area contributed by atoms with Gasteiger partial charge in [0.2, 0.25) is 6.04 Å². The van der Waals surface area contributed by atoms with Crippen LogP contribution in [0.2, 0.25) is 0 Å². The minimum absolute atomic E-state index is 0.194. The van der Waals surface area contributed by atoms with E-state index in [4.69, 9.17) is 16.3 Å². The van der Waals surface area contributed by atoms with Crippen molar-refractivity contribution in [2.75, 3.05) is 37.9 Å². The Morgan fingerprint density at radius 3 is 2.61 bits per heavy atom. The summed E-state index contributed by atoms with van der Waals surface area (Å²) in [6, 6.07) is 11.5. The summed E-state index contributed by atoms with van der Waals surface area (Å²) < 4.78 is 6.73. The molecule has 8 nitrogen and oxygen atoms in total. The van der Waals surface area contributed by atoms with E-state index in [0.717, 1.165) is 42.1 Å². The quantitative estimate of drug-likeness (QED) is 0.405. The van der Waals surface area contributed by atoms with Crippen molar-refractivity contribution in [2.24, 2.45) is 4.99 Å². The molecule has 1 unspecified atom stereocenters. The minimum atomic E-state index is -0.474. The van der Waals surface area contributed by atoms with Crippen LogP contribution in [-0.2, 0) is 0 Å².